The highest BCUT2D eigenvalue weighted by Crippen LogP contribution is 2.12. The molecule has 0 saturated carbocycles. The maximum Gasteiger partial charge on any atom is 0.326 e. The summed E-state index contributed by atoms with van der Waals surface area (Å²) in [6, 6.07) is -0.474. The molecule has 1 saturated heterocycles. The van der Waals surface area contributed by atoms with Gasteiger partial charge in [0.1, 0.15) is 0 Å². The fraction of sp³-hybridized carbons (Fsp3) is 0.778. The molecule has 1 heterocycles. The average Bonchev–Trinajstić information content (AvgIpc) is 2.02. The van der Waals surface area contributed by atoms with Crippen molar-refractivity contribution in [3.05, 3.63) is 0 Å². The summed E-state index contributed by atoms with van der Waals surface area (Å²) >= 11 is 0. The van der Waals surface area contributed by atoms with E-state index in [9.17, 15) is 9.59 Å². The normalized spacial score (nSPS) is 17.1. The SMILES string of the molecule is CC(CCO)N(C=O)C(=O)N1CCC1. The molecule has 0 spiro atoms. The van der Waals surface area contributed by atoms with Crippen LogP contribution in [0.4, 0.5) is 4.79 Å². The number of nitrogens with zero attached hydrogens (tertiary/aromatic N) is 2. The summed E-state index contributed by atoms with van der Waals surface area (Å²) in [6.45, 7) is 3.20. The lowest BCUT2D eigenvalue weighted by molar-refractivity contribution is -0.117. The number of hydrogen-bond donors (Lipinski definition) is 1. The summed E-state index contributed by atoms with van der Waals surface area (Å²) in [4.78, 5) is 25.1. The van der Waals surface area contributed by atoms with E-state index in [1.54, 1.807) is 11.8 Å². The van der Waals surface area contributed by atoms with Crippen LogP contribution in [0, 0.1) is 0 Å². The first-order chi connectivity index (χ1) is 6.70. The van der Waals surface area contributed by atoms with Crippen molar-refractivity contribution in [2.75, 3.05) is 19.7 Å². The number of amides is 3. The number of likely N-dealkylation sites (tertiary alicyclic amines) is 1. The Kier molecular flexibility index (Phi) is 3.88. The van der Waals surface area contributed by atoms with Gasteiger partial charge < -0.3 is 10.0 Å². The Morgan fingerprint density at radius 1 is 1.64 bits per heavy atom. The zero-order chi connectivity index (χ0) is 10.6. The van der Waals surface area contributed by atoms with Crippen LogP contribution >= 0.6 is 0 Å². The van der Waals surface area contributed by atoms with E-state index in [2.05, 4.69) is 0 Å². The highest BCUT2D eigenvalue weighted by Gasteiger charge is 2.27. The van der Waals surface area contributed by atoms with Gasteiger partial charge in [0.25, 0.3) is 0 Å². The molecule has 1 unspecified atom stereocenters. The van der Waals surface area contributed by atoms with Crippen molar-refractivity contribution in [1.29, 1.82) is 0 Å². The van der Waals surface area contributed by atoms with Crippen molar-refractivity contribution in [2.24, 2.45) is 0 Å². The lowest BCUT2D eigenvalue weighted by Crippen LogP contribution is -2.51. The number of aliphatic hydroxyl groups is 1. The number of carbonyl (C=O) groups is 2. The maximum atomic E-state index is 11.6. The molecule has 0 aromatic carbocycles. The smallest absolute Gasteiger partial charge is 0.326 e. The van der Waals surface area contributed by atoms with E-state index in [1.165, 1.54) is 0 Å². The van der Waals surface area contributed by atoms with Crippen molar-refractivity contribution < 1.29 is 14.7 Å². The molecule has 14 heavy (non-hydrogen) atoms. The van der Waals surface area contributed by atoms with Crippen LogP contribution in [0.3, 0.4) is 0 Å². The van der Waals surface area contributed by atoms with E-state index in [-0.39, 0.29) is 18.7 Å². The van der Waals surface area contributed by atoms with Crippen molar-refractivity contribution >= 4 is 12.4 Å². The molecule has 0 bridgehead atoms. The Hall–Kier alpha value is -1.10. The summed E-state index contributed by atoms with van der Waals surface area (Å²) in [5, 5.41) is 8.71. The standard InChI is InChI=1S/C9H16N2O3/c1-8(3-6-12)11(7-13)9(14)10-4-2-5-10/h7-8,12H,2-6H2,1H3. The molecule has 80 valence electrons. The van der Waals surface area contributed by atoms with Crippen LogP contribution in [0.25, 0.3) is 0 Å². The van der Waals surface area contributed by atoms with Gasteiger partial charge in [-0.15, -0.1) is 0 Å². The van der Waals surface area contributed by atoms with Gasteiger partial charge in [0.2, 0.25) is 6.41 Å². The number of urea groups is 1. The first-order valence-electron chi connectivity index (χ1n) is 4.84. The van der Waals surface area contributed by atoms with Crippen LogP contribution in [0.1, 0.15) is 19.8 Å². The van der Waals surface area contributed by atoms with Crippen LogP contribution in [0.5, 0.6) is 0 Å². The second kappa shape index (κ2) is 4.95. The molecule has 0 aromatic rings. The van der Waals surface area contributed by atoms with Crippen molar-refractivity contribution in [3.8, 4) is 0 Å². The maximum absolute atomic E-state index is 11.6. The van der Waals surface area contributed by atoms with Gasteiger partial charge in [0, 0.05) is 25.7 Å². The van der Waals surface area contributed by atoms with Gasteiger partial charge >= 0.3 is 6.03 Å². The van der Waals surface area contributed by atoms with Gasteiger partial charge in [-0.1, -0.05) is 0 Å². The van der Waals surface area contributed by atoms with Gasteiger partial charge in [0.05, 0.1) is 0 Å². The lowest BCUT2D eigenvalue weighted by atomic mass is 10.2. The molecule has 0 aliphatic carbocycles. The zero-order valence-corrected chi connectivity index (χ0v) is 8.35. The molecule has 0 aromatic heterocycles. The highest BCUT2D eigenvalue weighted by atomic mass is 16.3. The second-order valence-electron chi connectivity index (χ2n) is 3.50. The minimum Gasteiger partial charge on any atom is -0.396 e. The topological polar surface area (TPSA) is 60.9 Å². The zero-order valence-electron chi connectivity index (χ0n) is 8.35. The first-order valence-corrected chi connectivity index (χ1v) is 4.84. The molecule has 3 amide bonds. The van der Waals surface area contributed by atoms with Crippen LogP contribution in [0.2, 0.25) is 0 Å². The minimum absolute atomic E-state index is 0.0151. The number of rotatable bonds is 4. The Morgan fingerprint density at radius 2 is 2.29 bits per heavy atom. The fourth-order valence-corrected chi connectivity index (χ4v) is 1.33. The molecule has 5 heteroatoms. The van der Waals surface area contributed by atoms with Gasteiger partial charge in [-0.05, 0) is 19.8 Å². The average molecular weight is 200 g/mol. The van der Waals surface area contributed by atoms with Gasteiger partial charge in [-0.3, -0.25) is 9.69 Å². The van der Waals surface area contributed by atoms with E-state index in [0.717, 1.165) is 24.4 Å². The van der Waals surface area contributed by atoms with Crippen LogP contribution in [0.15, 0.2) is 0 Å². The Bertz CT molecular complexity index is 216. The van der Waals surface area contributed by atoms with Gasteiger partial charge in [-0.25, -0.2) is 4.79 Å². The lowest BCUT2D eigenvalue weighted by Gasteiger charge is -2.35. The summed E-state index contributed by atoms with van der Waals surface area (Å²) in [5.74, 6) is 0. The summed E-state index contributed by atoms with van der Waals surface area (Å²) in [6.07, 6.45) is 1.98. The third-order valence-electron chi connectivity index (χ3n) is 2.48. The van der Waals surface area contributed by atoms with Gasteiger partial charge in [0.15, 0.2) is 0 Å². The Morgan fingerprint density at radius 3 is 2.64 bits per heavy atom. The van der Waals surface area contributed by atoms with Crippen molar-refractivity contribution in [3.63, 3.8) is 0 Å². The number of carbonyl (C=O) groups excluding carboxylic acids is 2. The monoisotopic (exact) mass is 200 g/mol. The third-order valence-corrected chi connectivity index (χ3v) is 2.48. The largest absolute Gasteiger partial charge is 0.396 e. The quantitative estimate of drug-likeness (QED) is 0.652. The molecule has 5 nitrogen and oxygen atoms in total. The minimum atomic E-state index is -0.243. The van der Waals surface area contributed by atoms with Crippen LogP contribution < -0.4 is 0 Å². The molecule has 1 rings (SSSR count). The first kappa shape index (κ1) is 11.0. The molecular weight excluding hydrogens is 184 g/mol. The molecule has 1 N–H and O–H groups in total. The fourth-order valence-electron chi connectivity index (χ4n) is 1.33. The van der Waals surface area contributed by atoms with E-state index in [4.69, 9.17) is 5.11 Å². The van der Waals surface area contributed by atoms with Crippen LogP contribution in [-0.4, -0.2) is 53.1 Å². The second-order valence-corrected chi connectivity index (χ2v) is 3.50. The summed E-state index contributed by atoms with van der Waals surface area (Å²) < 4.78 is 0. The van der Waals surface area contributed by atoms with E-state index in [0.29, 0.717) is 12.8 Å². The van der Waals surface area contributed by atoms with E-state index in [1.807, 2.05) is 0 Å². The third kappa shape index (κ3) is 2.23. The predicted octanol–water partition coefficient (Wildman–Crippen LogP) is 0.0414. The molecule has 0 radical (unpaired) electrons. The van der Waals surface area contributed by atoms with Crippen molar-refractivity contribution in [2.45, 2.75) is 25.8 Å². The Labute approximate surface area is 83.3 Å². The summed E-state index contributed by atoms with van der Waals surface area (Å²) in [5.41, 5.74) is 0. The Balaban J connectivity index is 2.50. The summed E-state index contributed by atoms with van der Waals surface area (Å²) in [7, 11) is 0. The van der Waals surface area contributed by atoms with E-state index >= 15 is 0 Å². The van der Waals surface area contributed by atoms with Crippen LogP contribution in [-0.2, 0) is 4.79 Å². The molecule has 1 aliphatic rings. The molecular formula is C9H16N2O3. The number of hydrogen-bond acceptors (Lipinski definition) is 3. The number of aliphatic hydroxyl groups excluding tert-OH is 1. The predicted molar refractivity (Wildman–Crippen MR) is 50.7 cm³/mol. The molecule has 1 atom stereocenters. The van der Waals surface area contributed by atoms with Gasteiger partial charge in [-0.2, -0.15) is 0 Å². The molecule has 1 fully saturated rings. The number of imide groups is 1. The highest BCUT2D eigenvalue weighted by molar-refractivity contribution is 5.85. The van der Waals surface area contributed by atoms with E-state index < -0.39 is 0 Å². The molecule has 1 aliphatic heterocycles. The van der Waals surface area contributed by atoms with Crippen molar-refractivity contribution in [1.82, 2.24) is 9.80 Å².